The zero-order valence-electron chi connectivity index (χ0n) is 8.38. The number of nitrogens with two attached hydrogens (primary N) is 1. The number of thiophene rings is 1. The van der Waals surface area contributed by atoms with Crippen molar-refractivity contribution in [3.05, 3.63) is 51.6 Å². The Labute approximate surface area is 139 Å². The van der Waals surface area contributed by atoms with Crippen LogP contribution >= 0.6 is 77.4 Å². The molecule has 6 heteroatoms. The molecule has 0 radical (unpaired) electrons. The van der Waals surface area contributed by atoms with Crippen LogP contribution in [-0.4, -0.2) is 0 Å². The molecule has 2 rings (SSSR count). The Hall–Kier alpha value is 0.860. The summed E-state index contributed by atoms with van der Waals surface area (Å²) < 4.78 is 3.11. The van der Waals surface area contributed by atoms with Crippen molar-refractivity contribution in [3.63, 3.8) is 0 Å². The lowest BCUT2D eigenvalue weighted by molar-refractivity contribution is 0.885. The van der Waals surface area contributed by atoms with E-state index in [4.69, 9.17) is 17.3 Å². The van der Waals surface area contributed by atoms with Crippen molar-refractivity contribution in [2.24, 2.45) is 5.73 Å². The first kappa shape index (κ1) is 14.3. The molecule has 2 N–H and O–H groups in total. The molecule has 1 aromatic carbocycles. The highest BCUT2D eigenvalue weighted by atomic mass is 127. The number of hydrogen-bond acceptors (Lipinski definition) is 2. The summed E-state index contributed by atoms with van der Waals surface area (Å²) in [4.78, 5) is 1.05. The molecule has 0 aliphatic heterocycles. The van der Waals surface area contributed by atoms with Gasteiger partial charge in [0.25, 0.3) is 0 Å². The molecule has 1 nitrogen and oxygen atoms in total. The molecule has 0 spiro atoms. The van der Waals surface area contributed by atoms with Gasteiger partial charge in [-0.2, -0.15) is 0 Å². The second kappa shape index (κ2) is 5.88. The molecule has 0 amide bonds. The molecular weight excluding hydrogens is 500 g/mol. The molecule has 1 unspecified atom stereocenters. The maximum absolute atomic E-state index is 6.27. The van der Waals surface area contributed by atoms with E-state index in [9.17, 15) is 0 Å². The van der Waals surface area contributed by atoms with Crippen molar-refractivity contribution in [1.29, 1.82) is 0 Å². The van der Waals surface area contributed by atoms with Gasteiger partial charge in [-0.05, 0) is 68.3 Å². The number of hydrogen-bond donors (Lipinski definition) is 1. The van der Waals surface area contributed by atoms with Gasteiger partial charge in [0.05, 0.1) is 14.9 Å². The average Bonchev–Trinajstić information content (AvgIpc) is 2.62. The van der Waals surface area contributed by atoms with Gasteiger partial charge >= 0.3 is 0 Å². The maximum atomic E-state index is 6.27. The summed E-state index contributed by atoms with van der Waals surface area (Å²) in [5.74, 6) is 0. The van der Waals surface area contributed by atoms with Crippen molar-refractivity contribution in [1.82, 2.24) is 0 Å². The average molecular weight is 507 g/mol. The van der Waals surface area contributed by atoms with E-state index < -0.39 is 0 Å². The van der Waals surface area contributed by atoms with Crippen LogP contribution in [0.25, 0.3) is 0 Å². The van der Waals surface area contributed by atoms with Crippen molar-refractivity contribution in [3.8, 4) is 0 Å². The third-order valence-corrected chi connectivity index (χ3v) is 6.30. The largest absolute Gasteiger partial charge is 0.320 e. The molecule has 0 aliphatic rings. The van der Waals surface area contributed by atoms with Gasteiger partial charge in [0, 0.05) is 12.9 Å². The quantitative estimate of drug-likeness (QED) is 0.528. The second-order valence-corrected chi connectivity index (χ2v) is 8.30. The molecule has 0 aliphatic carbocycles. The van der Waals surface area contributed by atoms with Crippen LogP contribution in [0.2, 0.25) is 5.02 Å². The third-order valence-electron chi connectivity index (χ3n) is 2.26. The molecular formula is C11H7Br2ClINS. The fourth-order valence-electron chi connectivity index (χ4n) is 1.42. The number of benzene rings is 1. The van der Waals surface area contributed by atoms with Gasteiger partial charge < -0.3 is 5.73 Å². The summed E-state index contributed by atoms with van der Waals surface area (Å²) >= 11 is 16.8. The normalized spacial score (nSPS) is 12.8. The van der Waals surface area contributed by atoms with E-state index in [0.29, 0.717) is 5.02 Å². The summed E-state index contributed by atoms with van der Waals surface area (Å²) in [5.41, 5.74) is 7.38. The Bertz CT molecular complexity index is 539. The summed E-state index contributed by atoms with van der Waals surface area (Å²) in [6.07, 6.45) is 0. The van der Waals surface area contributed by atoms with E-state index in [1.807, 2.05) is 24.3 Å². The van der Waals surface area contributed by atoms with Crippen molar-refractivity contribution < 1.29 is 0 Å². The second-order valence-electron chi connectivity index (χ2n) is 3.41. The van der Waals surface area contributed by atoms with E-state index in [-0.39, 0.29) is 6.04 Å². The van der Waals surface area contributed by atoms with Crippen molar-refractivity contribution >= 4 is 77.4 Å². The number of halogens is 4. The summed E-state index contributed by atoms with van der Waals surface area (Å²) in [6.45, 7) is 0. The van der Waals surface area contributed by atoms with Gasteiger partial charge in [-0.1, -0.05) is 27.5 Å². The lowest BCUT2D eigenvalue weighted by atomic mass is 10.1. The van der Waals surface area contributed by atoms with Gasteiger partial charge in [-0.3, -0.25) is 0 Å². The highest BCUT2D eigenvalue weighted by molar-refractivity contribution is 14.1. The third kappa shape index (κ3) is 3.25. The van der Waals surface area contributed by atoms with Crippen molar-refractivity contribution in [2.45, 2.75) is 6.04 Å². The van der Waals surface area contributed by atoms with E-state index >= 15 is 0 Å². The first-order valence-electron chi connectivity index (χ1n) is 4.64. The minimum atomic E-state index is -0.145. The minimum absolute atomic E-state index is 0.145. The summed E-state index contributed by atoms with van der Waals surface area (Å²) in [6, 6.07) is 7.87. The summed E-state index contributed by atoms with van der Waals surface area (Å²) in [5, 5.41) is 0.713. The van der Waals surface area contributed by atoms with Gasteiger partial charge in [0.1, 0.15) is 0 Å². The van der Waals surface area contributed by atoms with E-state index in [0.717, 1.165) is 22.3 Å². The standard InChI is InChI=1S/C11H7Br2ClINS/c12-5-1-2-8(15)6(3-5)10(16)9-4-7(14)11(13)17-9/h1-4,10H,16H2. The molecule has 1 aromatic heterocycles. The van der Waals surface area contributed by atoms with Gasteiger partial charge in [-0.15, -0.1) is 11.3 Å². The Balaban J connectivity index is 2.42. The smallest absolute Gasteiger partial charge is 0.0888 e. The molecule has 0 saturated carbocycles. The van der Waals surface area contributed by atoms with E-state index in [1.165, 1.54) is 0 Å². The fourth-order valence-corrected chi connectivity index (χ4v) is 4.24. The van der Waals surface area contributed by atoms with Crippen LogP contribution in [0.3, 0.4) is 0 Å². The first-order valence-corrected chi connectivity index (χ1v) is 8.50. The van der Waals surface area contributed by atoms with Crippen LogP contribution < -0.4 is 5.73 Å². The van der Waals surface area contributed by atoms with Crippen LogP contribution in [0.5, 0.6) is 0 Å². The monoisotopic (exact) mass is 505 g/mol. The predicted molar refractivity (Wildman–Crippen MR) is 89.9 cm³/mol. The van der Waals surface area contributed by atoms with Crippen LogP contribution in [-0.2, 0) is 0 Å². The summed E-state index contributed by atoms with van der Waals surface area (Å²) in [7, 11) is 0. The van der Waals surface area contributed by atoms with Gasteiger partial charge in [0.2, 0.25) is 0 Å². The minimum Gasteiger partial charge on any atom is -0.320 e. The maximum Gasteiger partial charge on any atom is 0.0888 e. The van der Waals surface area contributed by atoms with E-state index in [1.54, 1.807) is 11.3 Å². The molecule has 17 heavy (non-hydrogen) atoms. The Kier molecular flexibility index (Phi) is 4.94. The van der Waals surface area contributed by atoms with Crippen LogP contribution in [0.15, 0.2) is 32.5 Å². The molecule has 0 fully saturated rings. The molecule has 1 heterocycles. The van der Waals surface area contributed by atoms with Crippen molar-refractivity contribution in [2.75, 3.05) is 0 Å². The van der Waals surface area contributed by atoms with Gasteiger partial charge in [0.15, 0.2) is 0 Å². The fraction of sp³-hybridized carbons (Fsp3) is 0.0909. The predicted octanol–water partition coefficient (Wildman–Crippen LogP) is 5.58. The lowest BCUT2D eigenvalue weighted by Crippen LogP contribution is -2.11. The Morgan fingerprint density at radius 2 is 2.00 bits per heavy atom. The van der Waals surface area contributed by atoms with Crippen LogP contribution in [0.1, 0.15) is 16.5 Å². The topological polar surface area (TPSA) is 26.0 Å². The zero-order valence-corrected chi connectivity index (χ0v) is 15.3. The first-order chi connectivity index (χ1) is 7.99. The lowest BCUT2D eigenvalue weighted by Gasteiger charge is -2.12. The van der Waals surface area contributed by atoms with Crippen LogP contribution in [0.4, 0.5) is 0 Å². The Morgan fingerprint density at radius 3 is 2.59 bits per heavy atom. The SMILES string of the molecule is NC(c1cc(Cl)c(Br)s1)c1cc(Br)ccc1I. The van der Waals surface area contributed by atoms with E-state index in [2.05, 4.69) is 54.5 Å². The molecule has 90 valence electrons. The molecule has 0 bridgehead atoms. The number of rotatable bonds is 2. The highest BCUT2D eigenvalue weighted by Crippen LogP contribution is 2.37. The van der Waals surface area contributed by atoms with Gasteiger partial charge in [-0.25, -0.2) is 0 Å². The molecule has 1 atom stereocenters. The van der Waals surface area contributed by atoms with Crippen LogP contribution in [0, 0.1) is 3.57 Å². The molecule has 0 saturated heterocycles. The highest BCUT2D eigenvalue weighted by Gasteiger charge is 2.16. The molecule has 2 aromatic rings. The zero-order chi connectivity index (χ0) is 12.6. The Morgan fingerprint density at radius 1 is 1.29 bits per heavy atom.